The van der Waals surface area contributed by atoms with Gasteiger partial charge in [-0.3, -0.25) is 14.4 Å². The predicted octanol–water partition coefficient (Wildman–Crippen LogP) is 8.03. The number of fused-ring (bicyclic) bond motifs is 10. The number of carbonyl (C=O) groups is 3. The minimum Gasteiger partial charge on any atom is -0.507 e. The Morgan fingerprint density at radius 2 is 1.55 bits per heavy atom. The van der Waals surface area contributed by atoms with E-state index in [9.17, 15) is 29.7 Å². The number of phenolic OH excluding ortho intramolecular Hbond substituents is 3. The van der Waals surface area contributed by atoms with Crippen molar-refractivity contribution in [2.75, 3.05) is 23.9 Å². The molecule has 0 unspecified atom stereocenters. The fourth-order valence-electron chi connectivity index (χ4n) is 8.59. The van der Waals surface area contributed by atoms with Crippen molar-refractivity contribution < 1.29 is 58.1 Å². The third-order valence-corrected chi connectivity index (χ3v) is 14.7. The van der Waals surface area contributed by atoms with Crippen molar-refractivity contribution in [2.24, 2.45) is 23.7 Å². The summed E-state index contributed by atoms with van der Waals surface area (Å²) in [7, 11) is 1.52. The Bertz CT molecular complexity index is 2070. The second kappa shape index (κ2) is 16.6. The van der Waals surface area contributed by atoms with Gasteiger partial charge in [-0.05, 0) is 33.8 Å². The van der Waals surface area contributed by atoms with Gasteiger partial charge in [0.2, 0.25) is 0 Å². The van der Waals surface area contributed by atoms with E-state index in [2.05, 4.69) is 5.32 Å². The summed E-state index contributed by atoms with van der Waals surface area (Å²) < 4.78 is 36.8. The van der Waals surface area contributed by atoms with Crippen LogP contribution < -0.4 is 10.1 Å². The highest BCUT2D eigenvalue weighted by Gasteiger charge is 2.51. The van der Waals surface area contributed by atoms with Gasteiger partial charge >= 0.3 is 11.8 Å². The molecule has 15 heteroatoms. The number of esters is 1. The normalized spacial score (nSPS) is 31.9. The largest absolute Gasteiger partial charge is 0.507 e. The Hall–Kier alpha value is -3.89. The number of Topliss-reactive ketones (excluding diaryl/α,β-unsaturated/α-hetero) is 1. The highest BCUT2D eigenvalue weighted by molar-refractivity contribution is 8.19. The number of ether oxygens (including phenoxy) is 6. The first-order chi connectivity index (χ1) is 27.2. The van der Waals surface area contributed by atoms with Crippen molar-refractivity contribution in [3.63, 3.8) is 0 Å². The minimum absolute atomic E-state index is 0.0207. The van der Waals surface area contributed by atoms with Gasteiger partial charge in [-0.2, -0.15) is 0 Å². The van der Waals surface area contributed by atoms with Crippen molar-refractivity contribution in [1.82, 2.24) is 0 Å². The Balaban J connectivity index is 1.53. The summed E-state index contributed by atoms with van der Waals surface area (Å²) in [6.07, 6.45) is 6.16. The van der Waals surface area contributed by atoms with Crippen LogP contribution in [0, 0.1) is 30.6 Å². The number of ketones is 1. The van der Waals surface area contributed by atoms with Crippen LogP contribution in [0.1, 0.15) is 88.4 Å². The number of thioether (sulfide) groups is 2. The van der Waals surface area contributed by atoms with Gasteiger partial charge in [0.15, 0.2) is 11.5 Å². The number of anilines is 1. The lowest BCUT2D eigenvalue weighted by Gasteiger charge is -2.50. The molecule has 316 valence electrons. The Labute approximate surface area is 347 Å². The number of allylic oxidation sites excluding steroid dienone is 2. The number of phenols is 3. The average Bonchev–Trinajstić information content (AvgIpc) is 3.79. The van der Waals surface area contributed by atoms with Gasteiger partial charge in [0.25, 0.3) is 11.7 Å². The van der Waals surface area contributed by atoms with E-state index in [0.29, 0.717) is 5.57 Å². The number of nitrogens with one attached hydrogen (secondary N) is 1. The summed E-state index contributed by atoms with van der Waals surface area (Å²) in [5.41, 5.74) is 0.474. The number of hydrogen-bond acceptors (Lipinski definition) is 14. The fraction of sp³-hybridized carbons (Fsp3) is 0.558. The van der Waals surface area contributed by atoms with Crippen LogP contribution in [0.3, 0.4) is 0 Å². The fourth-order valence-corrected chi connectivity index (χ4v) is 11.5. The molecule has 4 N–H and O–H groups in total. The highest BCUT2D eigenvalue weighted by Crippen LogP contribution is 2.60. The van der Waals surface area contributed by atoms with Gasteiger partial charge in [0.05, 0.1) is 45.8 Å². The van der Waals surface area contributed by atoms with Crippen LogP contribution in [0.2, 0.25) is 0 Å². The van der Waals surface area contributed by atoms with Crippen LogP contribution in [-0.4, -0.2) is 87.6 Å². The maximum absolute atomic E-state index is 14.5. The first-order valence-corrected chi connectivity index (χ1v) is 21.6. The van der Waals surface area contributed by atoms with Gasteiger partial charge < -0.3 is 49.1 Å². The minimum atomic E-state index is -1.97. The quantitative estimate of drug-likeness (QED) is 0.133. The summed E-state index contributed by atoms with van der Waals surface area (Å²) in [6.45, 7) is 17.5. The summed E-state index contributed by atoms with van der Waals surface area (Å²) in [6, 6.07) is 0. The van der Waals surface area contributed by atoms with E-state index >= 15 is 0 Å². The summed E-state index contributed by atoms with van der Waals surface area (Å²) in [4.78, 5) is 40.9. The Morgan fingerprint density at radius 3 is 2.19 bits per heavy atom. The molecular formula is C43H55NO12S2. The summed E-state index contributed by atoms with van der Waals surface area (Å²) in [5.74, 6) is -5.60. The molecule has 2 aromatic carbocycles. The predicted molar refractivity (Wildman–Crippen MR) is 223 cm³/mol. The van der Waals surface area contributed by atoms with Crippen molar-refractivity contribution in [3.8, 4) is 23.0 Å². The molecule has 13 nitrogen and oxygen atoms in total. The van der Waals surface area contributed by atoms with E-state index in [0.717, 1.165) is 11.5 Å². The van der Waals surface area contributed by atoms with E-state index in [1.807, 2.05) is 47.6 Å². The van der Waals surface area contributed by atoms with Gasteiger partial charge in [0, 0.05) is 78.2 Å². The maximum atomic E-state index is 14.5. The van der Waals surface area contributed by atoms with Crippen LogP contribution in [0.4, 0.5) is 5.69 Å². The molecule has 0 aliphatic carbocycles. The van der Waals surface area contributed by atoms with Crippen molar-refractivity contribution in [3.05, 3.63) is 52.8 Å². The van der Waals surface area contributed by atoms with Crippen molar-refractivity contribution >= 4 is 57.6 Å². The van der Waals surface area contributed by atoms with Crippen LogP contribution >= 0.6 is 23.5 Å². The van der Waals surface area contributed by atoms with E-state index in [4.69, 9.17) is 28.4 Å². The second-order valence-electron chi connectivity index (χ2n) is 16.3. The maximum Gasteiger partial charge on any atom is 0.312 e. The molecule has 5 heterocycles. The first-order valence-electron chi connectivity index (χ1n) is 19.5. The molecule has 2 aromatic rings. The molecule has 5 aliphatic rings. The molecule has 7 bridgehead atoms. The Morgan fingerprint density at radius 1 is 0.897 bits per heavy atom. The molecule has 7 rings (SSSR count). The molecule has 0 radical (unpaired) electrons. The third-order valence-electron chi connectivity index (χ3n) is 11.6. The first kappa shape index (κ1) is 43.7. The molecule has 2 fully saturated rings. The highest BCUT2D eigenvalue weighted by atomic mass is 32.2. The molecule has 5 aliphatic heterocycles. The SMILES string of the molecule is CO[C@@H]1C=CO[C@@]2(C)Oc3c(C)c(O)c4c(O)c(c(C5SCCS5)c(O)c4c3C2=O)NC(=O)C(C)=CC=C[C@H](C)[C@H]2OC(C)(C)O[C@H]([C@H](C)[C@@H](OC(C)=O)[C@@H]1C)[C@@H]2C. The molecule has 58 heavy (non-hydrogen) atoms. The van der Waals surface area contributed by atoms with Gasteiger partial charge in [0.1, 0.15) is 23.4 Å². The van der Waals surface area contributed by atoms with Crippen LogP contribution in [-0.2, 0) is 33.3 Å². The number of aromatic hydroxyl groups is 3. The molecule has 2 saturated heterocycles. The lowest BCUT2D eigenvalue weighted by atomic mass is 9.77. The number of carbonyl (C=O) groups excluding carboxylic acids is 3. The topological polar surface area (TPSA) is 179 Å². The zero-order valence-corrected chi connectivity index (χ0v) is 36.5. The molecule has 9 atom stereocenters. The van der Waals surface area contributed by atoms with E-state index < -0.39 is 69.5 Å². The summed E-state index contributed by atoms with van der Waals surface area (Å²) >= 11 is 3.03. The number of benzene rings is 2. The van der Waals surface area contributed by atoms with Crippen molar-refractivity contribution in [1.29, 1.82) is 0 Å². The number of hydrogen-bond donors (Lipinski definition) is 4. The van der Waals surface area contributed by atoms with Gasteiger partial charge in [-0.15, -0.1) is 23.5 Å². The van der Waals surface area contributed by atoms with Crippen LogP contribution in [0.15, 0.2) is 36.1 Å². The van der Waals surface area contributed by atoms with Gasteiger partial charge in [-0.1, -0.05) is 45.9 Å². The summed E-state index contributed by atoms with van der Waals surface area (Å²) in [5, 5.41) is 38.2. The van der Waals surface area contributed by atoms with Crippen molar-refractivity contribution in [2.45, 2.75) is 110 Å². The van der Waals surface area contributed by atoms with Gasteiger partial charge in [-0.25, -0.2) is 0 Å². The zero-order valence-electron chi connectivity index (χ0n) is 34.8. The average molecular weight is 842 g/mol. The molecular weight excluding hydrogens is 787 g/mol. The monoisotopic (exact) mass is 841 g/mol. The third kappa shape index (κ3) is 7.92. The van der Waals surface area contributed by atoms with Crippen LogP contribution in [0.25, 0.3) is 10.8 Å². The number of amides is 1. The Kier molecular flexibility index (Phi) is 12.5. The van der Waals surface area contributed by atoms with Crippen LogP contribution in [0.5, 0.6) is 23.0 Å². The number of rotatable bonds is 3. The zero-order chi connectivity index (χ0) is 42.6. The number of methoxy groups -OCH3 is 1. The van der Waals surface area contributed by atoms with E-state index in [1.54, 1.807) is 25.2 Å². The van der Waals surface area contributed by atoms with E-state index in [-0.39, 0.29) is 68.5 Å². The lowest BCUT2D eigenvalue weighted by molar-refractivity contribution is -0.336. The smallest absolute Gasteiger partial charge is 0.312 e. The molecule has 0 aromatic heterocycles. The lowest BCUT2D eigenvalue weighted by Crippen LogP contribution is -2.56. The second-order valence-corrected chi connectivity index (χ2v) is 19.0. The standard InChI is InChI=1S/C43H55NO12S2/c1-19-13-12-14-20(2)40(50)44-31-30(41-57-17-18-58-41)33(47)27-28(34(31)48)32(46)22(4)38-29(27)39(49)43(10,56-38)52-16-15-26(51-11)21(3)36(53-25(7)45)24(6)37-23(5)35(19)54-42(8,9)55-37/h12-16,19,21,23-24,26,35-37,41,46-48H,17-18H2,1-11H3,(H,44,50)/t19-,21+,23+,24+,26+,35+,36-,37-,43-/m0/s1. The molecule has 0 saturated carbocycles. The van der Waals surface area contributed by atoms with E-state index in [1.165, 1.54) is 57.7 Å². The molecule has 0 spiro atoms. The molecule has 1 amide bonds.